The molecule has 1 aliphatic heterocycles. The van der Waals surface area contributed by atoms with E-state index in [1.165, 1.54) is 12.1 Å². The fourth-order valence-corrected chi connectivity index (χ4v) is 3.36. The number of aromatic nitrogens is 2. The predicted molar refractivity (Wildman–Crippen MR) is 104 cm³/mol. The van der Waals surface area contributed by atoms with Crippen LogP contribution in [0, 0.1) is 0 Å². The van der Waals surface area contributed by atoms with Crippen molar-refractivity contribution in [1.82, 2.24) is 15.0 Å². The Labute approximate surface area is 169 Å². The van der Waals surface area contributed by atoms with Gasteiger partial charge >= 0.3 is 0 Å². The van der Waals surface area contributed by atoms with Crippen molar-refractivity contribution in [3.63, 3.8) is 0 Å². The van der Waals surface area contributed by atoms with Crippen LogP contribution in [0.25, 0.3) is 0 Å². The molecular weight excluding hydrogens is 376 g/mol. The molecule has 2 aromatic rings. The van der Waals surface area contributed by atoms with Gasteiger partial charge < -0.3 is 24.6 Å². The Bertz CT molecular complexity index is 838. The molecule has 1 aliphatic rings. The normalized spacial score (nSPS) is 16.6. The van der Waals surface area contributed by atoms with Gasteiger partial charge in [-0.2, -0.15) is 4.98 Å². The van der Waals surface area contributed by atoms with E-state index in [1.54, 1.807) is 24.1 Å². The van der Waals surface area contributed by atoms with Crippen LogP contribution in [0.4, 0.5) is 5.69 Å². The second-order valence-corrected chi connectivity index (χ2v) is 6.99. The van der Waals surface area contributed by atoms with E-state index in [9.17, 15) is 14.7 Å². The van der Waals surface area contributed by atoms with Crippen LogP contribution in [-0.2, 0) is 20.7 Å². The van der Waals surface area contributed by atoms with Crippen LogP contribution in [0.2, 0.25) is 0 Å². The number of anilines is 1. The number of amides is 2. The molecule has 1 atom stereocenters. The van der Waals surface area contributed by atoms with E-state index in [-0.39, 0.29) is 36.4 Å². The monoisotopic (exact) mass is 402 g/mol. The van der Waals surface area contributed by atoms with Gasteiger partial charge in [-0.25, -0.2) is 0 Å². The minimum Gasteiger partial charge on any atom is -0.508 e. The summed E-state index contributed by atoms with van der Waals surface area (Å²) in [7, 11) is 1.61. The van der Waals surface area contributed by atoms with Crippen LogP contribution in [-0.4, -0.2) is 52.2 Å². The summed E-state index contributed by atoms with van der Waals surface area (Å²) < 4.78 is 10.4. The number of likely N-dealkylation sites (tertiary alicyclic amines) is 1. The number of nitrogens with zero attached hydrogens (tertiary/aromatic N) is 3. The average molecular weight is 402 g/mol. The topological polar surface area (TPSA) is 118 Å². The van der Waals surface area contributed by atoms with E-state index < -0.39 is 0 Å². The lowest BCUT2D eigenvalue weighted by atomic mass is 10.0. The lowest BCUT2D eigenvalue weighted by molar-refractivity contribution is -0.137. The Morgan fingerprint density at radius 1 is 1.34 bits per heavy atom. The zero-order valence-corrected chi connectivity index (χ0v) is 16.5. The van der Waals surface area contributed by atoms with Crippen LogP contribution in [0.3, 0.4) is 0 Å². The minimum atomic E-state index is -0.280. The van der Waals surface area contributed by atoms with Gasteiger partial charge in [0.2, 0.25) is 17.7 Å². The van der Waals surface area contributed by atoms with Crippen molar-refractivity contribution in [2.45, 2.75) is 44.6 Å². The number of hydrogen-bond donors (Lipinski definition) is 2. The van der Waals surface area contributed by atoms with Crippen molar-refractivity contribution in [2.75, 3.05) is 25.6 Å². The number of phenols is 1. The Balaban J connectivity index is 1.56. The molecule has 1 aromatic carbocycles. The first kappa shape index (κ1) is 20.8. The summed E-state index contributed by atoms with van der Waals surface area (Å²) in [4.78, 5) is 31.1. The number of hydrogen-bond acceptors (Lipinski definition) is 7. The summed E-state index contributed by atoms with van der Waals surface area (Å²) in [5.41, 5.74) is 0.493. The zero-order valence-electron chi connectivity index (χ0n) is 16.5. The van der Waals surface area contributed by atoms with Crippen LogP contribution in [0.1, 0.15) is 49.9 Å². The summed E-state index contributed by atoms with van der Waals surface area (Å²) in [6, 6.07) is 6.04. The molecule has 9 nitrogen and oxygen atoms in total. The number of benzene rings is 1. The van der Waals surface area contributed by atoms with Gasteiger partial charge in [-0.05, 0) is 31.4 Å². The second kappa shape index (κ2) is 10.0. The van der Waals surface area contributed by atoms with Gasteiger partial charge in [0.25, 0.3) is 0 Å². The minimum absolute atomic E-state index is 0.0562. The van der Waals surface area contributed by atoms with Gasteiger partial charge in [-0.1, -0.05) is 11.2 Å². The summed E-state index contributed by atoms with van der Waals surface area (Å²) in [6.07, 6.45) is 3.33. The number of ether oxygens (including phenoxy) is 1. The Morgan fingerprint density at radius 3 is 3.00 bits per heavy atom. The third-order valence-electron chi connectivity index (χ3n) is 4.82. The van der Waals surface area contributed by atoms with Crippen molar-refractivity contribution in [2.24, 2.45) is 0 Å². The molecule has 0 radical (unpaired) electrons. The molecule has 0 saturated carbocycles. The maximum Gasteiger partial charge on any atom is 0.249 e. The number of nitrogens with one attached hydrogen (secondary N) is 1. The Morgan fingerprint density at radius 2 is 2.21 bits per heavy atom. The van der Waals surface area contributed by atoms with Crippen molar-refractivity contribution >= 4 is 17.5 Å². The molecule has 0 bridgehead atoms. The van der Waals surface area contributed by atoms with E-state index >= 15 is 0 Å². The second-order valence-electron chi connectivity index (χ2n) is 6.99. The molecule has 2 N–H and O–H groups in total. The summed E-state index contributed by atoms with van der Waals surface area (Å²) in [5.74, 6) is 0.674. The fourth-order valence-electron chi connectivity index (χ4n) is 3.36. The highest BCUT2D eigenvalue weighted by atomic mass is 16.5. The summed E-state index contributed by atoms with van der Waals surface area (Å²) in [5, 5.41) is 16.1. The first-order valence-corrected chi connectivity index (χ1v) is 9.76. The van der Waals surface area contributed by atoms with Gasteiger partial charge in [0.1, 0.15) is 11.8 Å². The molecule has 2 amide bonds. The molecule has 156 valence electrons. The van der Waals surface area contributed by atoms with Gasteiger partial charge in [0.05, 0.1) is 6.61 Å². The third-order valence-corrected chi connectivity index (χ3v) is 4.82. The van der Waals surface area contributed by atoms with Crippen molar-refractivity contribution < 1.29 is 24.0 Å². The highest BCUT2D eigenvalue weighted by Gasteiger charge is 2.32. The highest BCUT2D eigenvalue weighted by Crippen LogP contribution is 2.30. The van der Waals surface area contributed by atoms with E-state index in [4.69, 9.17) is 9.26 Å². The van der Waals surface area contributed by atoms with E-state index in [0.29, 0.717) is 37.0 Å². The van der Waals surface area contributed by atoms with Crippen molar-refractivity contribution in [3.05, 3.63) is 36.0 Å². The number of carbonyl (C=O) groups excluding carboxylic acids is 2. The van der Waals surface area contributed by atoms with E-state index in [1.807, 2.05) is 0 Å². The molecule has 0 aliphatic carbocycles. The molecule has 1 unspecified atom stereocenters. The number of piperidine rings is 1. The third kappa shape index (κ3) is 5.77. The van der Waals surface area contributed by atoms with Gasteiger partial charge in [-0.15, -0.1) is 0 Å². The number of phenolic OH excluding ortho intramolecular Hbond substituents is 1. The first-order chi connectivity index (χ1) is 14.1. The summed E-state index contributed by atoms with van der Waals surface area (Å²) >= 11 is 0. The SMILES string of the molecule is COCCc1noc(C2CCCCN2C(=O)CCC(=O)Nc2cccc(O)c2)n1. The Hall–Kier alpha value is -2.94. The molecule has 1 saturated heterocycles. The van der Waals surface area contributed by atoms with Crippen LogP contribution in [0.5, 0.6) is 5.75 Å². The predicted octanol–water partition coefficient (Wildman–Crippen LogP) is 2.44. The smallest absolute Gasteiger partial charge is 0.249 e. The maximum absolute atomic E-state index is 12.8. The van der Waals surface area contributed by atoms with Gasteiger partial charge in [-0.3, -0.25) is 9.59 Å². The number of aromatic hydroxyl groups is 1. The zero-order chi connectivity index (χ0) is 20.6. The van der Waals surface area contributed by atoms with Gasteiger partial charge in [0, 0.05) is 44.7 Å². The molecule has 2 heterocycles. The summed E-state index contributed by atoms with van der Waals surface area (Å²) in [6.45, 7) is 1.11. The maximum atomic E-state index is 12.8. The first-order valence-electron chi connectivity index (χ1n) is 9.76. The van der Waals surface area contributed by atoms with Crippen LogP contribution < -0.4 is 5.32 Å². The molecule has 0 spiro atoms. The van der Waals surface area contributed by atoms with Crippen LogP contribution in [0.15, 0.2) is 28.8 Å². The largest absolute Gasteiger partial charge is 0.508 e. The standard InChI is InChI=1S/C20H26N4O5/c1-28-12-10-17-22-20(29-23-17)16-7-2-3-11-24(16)19(27)9-8-18(26)21-14-5-4-6-15(25)13-14/h4-6,13,16,25H,2-3,7-12H2,1H3,(H,21,26). The number of carbonyl (C=O) groups is 2. The van der Waals surface area contributed by atoms with E-state index in [2.05, 4.69) is 15.5 Å². The molecular formula is C20H26N4O5. The molecule has 9 heteroatoms. The van der Waals surface area contributed by atoms with Crippen molar-refractivity contribution in [1.29, 1.82) is 0 Å². The molecule has 1 aromatic heterocycles. The number of rotatable bonds is 8. The molecule has 1 fully saturated rings. The van der Waals surface area contributed by atoms with Crippen LogP contribution >= 0.6 is 0 Å². The lowest BCUT2D eigenvalue weighted by Crippen LogP contribution is -2.39. The van der Waals surface area contributed by atoms with Gasteiger partial charge in [0.15, 0.2) is 5.82 Å². The van der Waals surface area contributed by atoms with Crippen molar-refractivity contribution in [3.8, 4) is 5.75 Å². The quantitative estimate of drug-likeness (QED) is 0.696. The molecule has 3 rings (SSSR count). The lowest BCUT2D eigenvalue weighted by Gasteiger charge is -2.33. The Kier molecular flexibility index (Phi) is 7.18. The van der Waals surface area contributed by atoms with E-state index in [0.717, 1.165) is 19.3 Å². The number of methoxy groups -OCH3 is 1. The molecule has 29 heavy (non-hydrogen) atoms. The highest BCUT2D eigenvalue weighted by molar-refractivity contribution is 5.93. The fraction of sp³-hybridized carbons (Fsp3) is 0.500. The average Bonchev–Trinajstić information content (AvgIpc) is 3.19.